The van der Waals surface area contributed by atoms with Crippen LogP contribution >= 0.6 is 11.3 Å². The van der Waals surface area contributed by atoms with Crippen molar-refractivity contribution in [3.05, 3.63) is 16.6 Å². The first-order valence-corrected chi connectivity index (χ1v) is 5.03. The molecule has 4 heteroatoms. The van der Waals surface area contributed by atoms with Crippen molar-refractivity contribution in [3.8, 4) is 0 Å². The Kier molecular flexibility index (Phi) is 2.71. The Hall–Kier alpha value is -0.900. The van der Waals surface area contributed by atoms with Crippen molar-refractivity contribution in [2.24, 2.45) is 0 Å². The Morgan fingerprint density at radius 1 is 1.54 bits per heavy atom. The summed E-state index contributed by atoms with van der Waals surface area (Å²) < 4.78 is 0. The summed E-state index contributed by atoms with van der Waals surface area (Å²) >= 11 is 1.44. The van der Waals surface area contributed by atoms with Crippen LogP contribution in [0.4, 0.5) is 0 Å². The van der Waals surface area contributed by atoms with Crippen LogP contribution in [0.3, 0.4) is 0 Å². The lowest BCUT2D eigenvalue weighted by Crippen LogP contribution is -2.42. The maximum Gasteiger partial charge on any atom is 0.273 e. The van der Waals surface area contributed by atoms with Crippen molar-refractivity contribution in [1.29, 1.82) is 0 Å². The van der Waals surface area contributed by atoms with Crippen LogP contribution in [0, 0.1) is 0 Å². The molecule has 1 rings (SSSR count). The molecule has 72 valence electrons. The first kappa shape index (κ1) is 10.2. The van der Waals surface area contributed by atoms with Crippen molar-refractivity contribution < 1.29 is 4.79 Å². The van der Waals surface area contributed by atoms with E-state index in [1.807, 2.05) is 20.8 Å². The van der Waals surface area contributed by atoms with Gasteiger partial charge in [-0.25, -0.2) is 4.98 Å². The molecule has 0 radical (unpaired) electrons. The van der Waals surface area contributed by atoms with E-state index in [4.69, 9.17) is 0 Å². The number of nitrogens with zero attached hydrogens (tertiary/aromatic N) is 2. The largest absolute Gasteiger partial charge is 0.336 e. The third kappa shape index (κ3) is 2.28. The third-order valence-electron chi connectivity index (χ3n) is 1.96. The van der Waals surface area contributed by atoms with Gasteiger partial charge in [0.25, 0.3) is 5.91 Å². The van der Waals surface area contributed by atoms with Gasteiger partial charge in [0.15, 0.2) is 0 Å². The Morgan fingerprint density at radius 3 is 2.54 bits per heavy atom. The van der Waals surface area contributed by atoms with Gasteiger partial charge in [0.2, 0.25) is 0 Å². The summed E-state index contributed by atoms with van der Waals surface area (Å²) in [6.07, 6.45) is 0. The van der Waals surface area contributed by atoms with E-state index in [-0.39, 0.29) is 11.4 Å². The van der Waals surface area contributed by atoms with Gasteiger partial charge in [-0.15, -0.1) is 11.3 Å². The first-order valence-electron chi connectivity index (χ1n) is 4.09. The molecule has 3 nitrogen and oxygen atoms in total. The lowest BCUT2D eigenvalue weighted by Gasteiger charge is -2.31. The van der Waals surface area contributed by atoms with E-state index < -0.39 is 0 Å². The average Bonchev–Trinajstić information content (AvgIpc) is 2.51. The van der Waals surface area contributed by atoms with Crippen LogP contribution in [-0.4, -0.2) is 28.4 Å². The third-order valence-corrected chi connectivity index (χ3v) is 2.55. The van der Waals surface area contributed by atoms with Crippen molar-refractivity contribution >= 4 is 17.2 Å². The zero-order valence-corrected chi connectivity index (χ0v) is 9.18. The molecule has 0 bridgehead atoms. The van der Waals surface area contributed by atoms with Gasteiger partial charge in [-0.3, -0.25) is 4.79 Å². The van der Waals surface area contributed by atoms with Crippen molar-refractivity contribution in [3.63, 3.8) is 0 Å². The molecule has 0 aliphatic rings. The van der Waals surface area contributed by atoms with E-state index in [0.717, 1.165) is 0 Å². The molecule has 0 aliphatic carbocycles. The highest BCUT2D eigenvalue weighted by molar-refractivity contribution is 7.07. The molecule has 0 spiro atoms. The molecule has 0 N–H and O–H groups in total. The number of amides is 1. The van der Waals surface area contributed by atoms with Crippen LogP contribution in [0.25, 0.3) is 0 Å². The topological polar surface area (TPSA) is 33.2 Å². The van der Waals surface area contributed by atoms with E-state index in [1.165, 1.54) is 11.3 Å². The average molecular weight is 198 g/mol. The Balaban J connectivity index is 2.81. The van der Waals surface area contributed by atoms with E-state index in [1.54, 1.807) is 22.8 Å². The SMILES string of the molecule is CN(C(=O)c1cscn1)C(C)(C)C. The number of aromatic nitrogens is 1. The highest BCUT2D eigenvalue weighted by atomic mass is 32.1. The number of thiazole rings is 1. The predicted octanol–water partition coefficient (Wildman–Crippen LogP) is 2.01. The second-order valence-electron chi connectivity index (χ2n) is 3.91. The van der Waals surface area contributed by atoms with Gasteiger partial charge in [0, 0.05) is 18.0 Å². The fourth-order valence-electron chi connectivity index (χ4n) is 0.795. The van der Waals surface area contributed by atoms with Gasteiger partial charge in [0.05, 0.1) is 5.51 Å². The molecule has 13 heavy (non-hydrogen) atoms. The van der Waals surface area contributed by atoms with Crippen LogP contribution in [0.5, 0.6) is 0 Å². The molecule has 0 saturated heterocycles. The summed E-state index contributed by atoms with van der Waals surface area (Å²) in [5.41, 5.74) is 2.05. The van der Waals surface area contributed by atoms with Crippen LogP contribution in [-0.2, 0) is 0 Å². The molecule has 1 amide bonds. The zero-order chi connectivity index (χ0) is 10.1. The van der Waals surface area contributed by atoms with Gasteiger partial charge in [-0.1, -0.05) is 0 Å². The summed E-state index contributed by atoms with van der Waals surface area (Å²) in [6.45, 7) is 5.99. The van der Waals surface area contributed by atoms with Gasteiger partial charge in [-0.05, 0) is 20.8 Å². The first-order chi connectivity index (χ1) is 5.93. The van der Waals surface area contributed by atoms with Gasteiger partial charge in [0.1, 0.15) is 5.69 Å². The van der Waals surface area contributed by atoms with Gasteiger partial charge in [-0.2, -0.15) is 0 Å². The number of rotatable bonds is 1. The Labute approximate surface area is 82.4 Å². The molecular formula is C9H14N2OS. The summed E-state index contributed by atoms with van der Waals surface area (Å²) in [6, 6.07) is 0. The Bertz CT molecular complexity index is 287. The highest BCUT2D eigenvalue weighted by Gasteiger charge is 2.24. The molecule has 1 aromatic rings. The molecule has 1 heterocycles. The number of hydrogen-bond acceptors (Lipinski definition) is 3. The second-order valence-corrected chi connectivity index (χ2v) is 4.63. The second kappa shape index (κ2) is 3.46. The molecule has 1 aromatic heterocycles. The Morgan fingerprint density at radius 2 is 2.15 bits per heavy atom. The maximum absolute atomic E-state index is 11.7. The maximum atomic E-state index is 11.7. The standard InChI is InChI=1S/C9H14N2OS/c1-9(2,3)11(4)8(12)7-5-13-6-10-7/h5-6H,1-4H3. The molecule has 0 aliphatic heterocycles. The van der Waals surface area contributed by atoms with Crippen LogP contribution in [0.1, 0.15) is 31.3 Å². The number of carbonyl (C=O) groups is 1. The lowest BCUT2D eigenvalue weighted by atomic mass is 10.1. The van der Waals surface area contributed by atoms with Crippen LogP contribution in [0.15, 0.2) is 10.9 Å². The minimum atomic E-state index is -0.152. The quantitative estimate of drug-likeness (QED) is 0.691. The molecule has 0 saturated carbocycles. The molecule has 0 atom stereocenters. The van der Waals surface area contributed by atoms with Crippen molar-refractivity contribution in [2.75, 3.05) is 7.05 Å². The van der Waals surface area contributed by atoms with E-state index >= 15 is 0 Å². The van der Waals surface area contributed by atoms with E-state index in [0.29, 0.717) is 5.69 Å². The minimum Gasteiger partial charge on any atom is -0.336 e. The van der Waals surface area contributed by atoms with Crippen LogP contribution in [0.2, 0.25) is 0 Å². The normalized spacial score (nSPS) is 11.4. The fraction of sp³-hybridized carbons (Fsp3) is 0.556. The lowest BCUT2D eigenvalue weighted by molar-refractivity contribution is 0.0650. The monoisotopic (exact) mass is 198 g/mol. The predicted molar refractivity (Wildman–Crippen MR) is 54.0 cm³/mol. The number of hydrogen-bond donors (Lipinski definition) is 0. The molecule has 0 fully saturated rings. The summed E-state index contributed by atoms with van der Waals surface area (Å²) in [5, 5.41) is 1.77. The molecule has 0 aromatic carbocycles. The van der Waals surface area contributed by atoms with Gasteiger partial charge >= 0.3 is 0 Å². The van der Waals surface area contributed by atoms with Crippen molar-refractivity contribution in [1.82, 2.24) is 9.88 Å². The molecule has 0 unspecified atom stereocenters. The summed E-state index contributed by atoms with van der Waals surface area (Å²) in [5.74, 6) is -0.0197. The smallest absolute Gasteiger partial charge is 0.273 e. The zero-order valence-electron chi connectivity index (χ0n) is 8.37. The van der Waals surface area contributed by atoms with E-state index in [2.05, 4.69) is 4.98 Å². The fourth-order valence-corrected chi connectivity index (χ4v) is 1.32. The van der Waals surface area contributed by atoms with Gasteiger partial charge < -0.3 is 4.90 Å². The van der Waals surface area contributed by atoms with Crippen molar-refractivity contribution in [2.45, 2.75) is 26.3 Å². The minimum absolute atomic E-state index is 0.0197. The van der Waals surface area contributed by atoms with E-state index in [9.17, 15) is 4.79 Å². The van der Waals surface area contributed by atoms with Crippen LogP contribution < -0.4 is 0 Å². The highest BCUT2D eigenvalue weighted by Crippen LogP contribution is 2.14. The summed E-state index contributed by atoms with van der Waals surface area (Å²) in [4.78, 5) is 17.4. The summed E-state index contributed by atoms with van der Waals surface area (Å²) in [7, 11) is 1.79. The number of carbonyl (C=O) groups excluding carboxylic acids is 1. The molecular weight excluding hydrogens is 184 g/mol.